The molecular weight excluding hydrogens is 202 g/mol. The average molecular weight is 209 g/mol. The van der Waals surface area contributed by atoms with Crippen molar-refractivity contribution < 1.29 is 26.3 Å². The lowest BCUT2D eigenvalue weighted by atomic mass is 10.4. The third-order valence-corrected chi connectivity index (χ3v) is 3.03. The topological polar surface area (TPSA) is 97.1 Å². The van der Waals surface area contributed by atoms with E-state index in [1.165, 1.54) is 6.92 Å². The molecule has 0 aromatic heterocycles. The van der Waals surface area contributed by atoms with Crippen molar-refractivity contribution in [2.75, 3.05) is 0 Å². The lowest BCUT2D eigenvalue weighted by Crippen LogP contribution is -2.53. The summed E-state index contributed by atoms with van der Waals surface area (Å²) in [4.78, 5) is 21.1. The van der Waals surface area contributed by atoms with E-state index in [9.17, 15) is 9.59 Å². The molecule has 74 valence electrons. The zero-order valence-electron chi connectivity index (χ0n) is 6.59. The van der Waals surface area contributed by atoms with Crippen molar-refractivity contribution in [1.29, 1.82) is 0 Å². The number of primary amides is 1. The summed E-state index contributed by atoms with van der Waals surface area (Å²) in [6.45, 7) is 1.31. The zero-order chi connectivity index (χ0) is 9.64. The second kappa shape index (κ2) is 2.66. The van der Waals surface area contributed by atoms with E-state index in [0.29, 0.717) is 0 Å². The number of Topliss-reactive ketones (excluding diaryl/α,β-unsaturated/α-hetero) is 1. The lowest BCUT2D eigenvalue weighted by molar-refractivity contribution is -0.213. The Kier molecular flexibility index (Phi) is 1.82. The predicted octanol–water partition coefficient (Wildman–Crippen LogP) is -0.729. The van der Waals surface area contributed by atoms with Crippen LogP contribution in [0.1, 0.15) is 6.92 Å². The smallest absolute Gasteiger partial charge is 0.276 e. The number of carbonyl (C=O) groups is 2. The molecule has 0 unspecified atom stereocenters. The number of ketones is 1. The number of amides is 1. The molecule has 2 fully saturated rings. The van der Waals surface area contributed by atoms with Gasteiger partial charge in [-0.05, 0) is 6.92 Å². The van der Waals surface area contributed by atoms with Gasteiger partial charge in [-0.1, -0.05) is 0 Å². The first kappa shape index (κ1) is 8.91. The van der Waals surface area contributed by atoms with Gasteiger partial charge in [-0.3, -0.25) is 9.59 Å². The number of nitrogens with two attached hydrogens (primary N) is 1. The van der Waals surface area contributed by atoms with Gasteiger partial charge in [0.15, 0.2) is 5.78 Å². The van der Waals surface area contributed by atoms with Gasteiger partial charge in [-0.25, -0.2) is 16.7 Å². The fourth-order valence-corrected chi connectivity index (χ4v) is 2.29. The fourth-order valence-electron chi connectivity index (χ4n) is 0.764. The number of rotatable bonds is 2. The lowest BCUT2D eigenvalue weighted by Gasteiger charge is -2.53. The summed E-state index contributed by atoms with van der Waals surface area (Å²) in [6, 6.07) is 0. The van der Waals surface area contributed by atoms with Crippen LogP contribution in [0.5, 0.6) is 0 Å². The van der Waals surface area contributed by atoms with Crippen LogP contribution in [-0.4, -0.2) is 24.3 Å². The van der Waals surface area contributed by atoms with E-state index in [2.05, 4.69) is 0 Å². The van der Waals surface area contributed by atoms with Crippen LogP contribution < -0.4 is 5.73 Å². The van der Waals surface area contributed by atoms with Gasteiger partial charge in [0.25, 0.3) is 18.5 Å². The minimum Gasteiger partial charge on any atom is -0.365 e. The molecule has 7 nitrogen and oxygen atoms in total. The number of hydrogen-bond acceptors (Lipinski definition) is 6. The number of hydrogen-bond donors (Lipinski definition) is 1. The molecule has 0 saturated carbocycles. The zero-order valence-corrected chi connectivity index (χ0v) is 7.41. The van der Waals surface area contributed by atoms with Crippen LogP contribution in [0.25, 0.3) is 0 Å². The Morgan fingerprint density at radius 2 is 1.62 bits per heavy atom. The Hall–Kier alpha value is -0.670. The Morgan fingerprint density at radius 3 is 2.00 bits per heavy atom. The van der Waals surface area contributed by atoms with E-state index in [4.69, 9.17) is 22.5 Å². The standard InChI is InChI=1S/C5H7NO6S/c1-2(7)4-9-13(10-4)11-5(12-13)3(6)8/h4-5H,1H3,(H2,6,8). The van der Waals surface area contributed by atoms with E-state index >= 15 is 0 Å². The highest BCUT2D eigenvalue weighted by molar-refractivity contribution is 8.19. The molecule has 2 aliphatic rings. The predicted molar refractivity (Wildman–Crippen MR) is 39.4 cm³/mol. The highest BCUT2D eigenvalue weighted by Gasteiger charge is 2.60. The molecule has 1 amide bonds. The second-order valence-corrected chi connectivity index (χ2v) is 4.06. The Labute approximate surface area is 75.2 Å². The third-order valence-electron chi connectivity index (χ3n) is 1.39. The van der Waals surface area contributed by atoms with Gasteiger partial charge in [-0.2, -0.15) is 0 Å². The first-order valence-electron chi connectivity index (χ1n) is 3.38. The Morgan fingerprint density at radius 1 is 1.15 bits per heavy atom. The highest BCUT2D eigenvalue weighted by Crippen LogP contribution is 2.70. The van der Waals surface area contributed by atoms with Crippen LogP contribution in [0.2, 0.25) is 0 Å². The molecule has 8 heteroatoms. The maximum atomic E-state index is 10.6. The molecule has 0 aliphatic carbocycles. The molecule has 2 heterocycles. The summed E-state index contributed by atoms with van der Waals surface area (Å²) < 4.78 is 19.3. The molecule has 2 rings (SSSR count). The minimum absolute atomic E-state index is 0.284. The van der Waals surface area contributed by atoms with Crippen LogP contribution in [-0.2, 0) is 26.3 Å². The Bertz CT molecular complexity index is 237. The van der Waals surface area contributed by atoms with Gasteiger partial charge in [-0.15, -0.1) is 0 Å². The molecule has 1 spiro atoms. The van der Waals surface area contributed by atoms with Crippen LogP contribution in [0.3, 0.4) is 0 Å². The molecule has 0 atom stereocenters. The van der Waals surface area contributed by atoms with Crippen molar-refractivity contribution in [3.05, 3.63) is 0 Å². The van der Waals surface area contributed by atoms with Gasteiger partial charge >= 0.3 is 0 Å². The molecule has 0 aromatic rings. The van der Waals surface area contributed by atoms with Gasteiger partial charge in [0.2, 0.25) is 11.2 Å². The van der Waals surface area contributed by atoms with Crippen molar-refractivity contribution in [2.24, 2.45) is 5.73 Å². The maximum Gasteiger partial charge on any atom is 0.276 e. The maximum absolute atomic E-state index is 10.6. The van der Waals surface area contributed by atoms with Crippen LogP contribution >= 0.6 is 11.2 Å². The third kappa shape index (κ3) is 1.32. The van der Waals surface area contributed by atoms with Crippen molar-refractivity contribution in [3.8, 4) is 0 Å². The van der Waals surface area contributed by atoms with Gasteiger partial charge < -0.3 is 5.73 Å². The highest BCUT2D eigenvalue weighted by atomic mass is 32.3. The largest absolute Gasteiger partial charge is 0.365 e. The quantitative estimate of drug-likeness (QED) is 0.644. The molecular formula is C5H7NO6S. The summed E-state index contributed by atoms with van der Waals surface area (Å²) in [5.41, 5.74) is 4.84. The summed E-state index contributed by atoms with van der Waals surface area (Å²) >= 11 is -2.51. The molecule has 2 aliphatic heterocycles. The first-order chi connectivity index (χ1) is 6.02. The Balaban J connectivity index is 1.82. The monoisotopic (exact) mass is 209 g/mol. The first-order valence-corrected chi connectivity index (χ1v) is 4.72. The minimum atomic E-state index is -2.51. The second-order valence-electron chi connectivity index (χ2n) is 2.47. The van der Waals surface area contributed by atoms with E-state index < -0.39 is 29.6 Å². The van der Waals surface area contributed by atoms with E-state index in [0.717, 1.165) is 0 Å². The van der Waals surface area contributed by atoms with Gasteiger partial charge in [0, 0.05) is 0 Å². The van der Waals surface area contributed by atoms with E-state index in [1.54, 1.807) is 0 Å². The summed E-state index contributed by atoms with van der Waals surface area (Å²) in [7, 11) is 0. The average Bonchev–Trinajstić information content (AvgIpc) is 1.78. The van der Waals surface area contributed by atoms with Crippen LogP contribution in [0.4, 0.5) is 0 Å². The molecule has 0 bridgehead atoms. The van der Waals surface area contributed by atoms with Crippen molar-refractivity contribution >= 4 is 22.8 Å². The summed E-state index contributed by atoms with van der Waals surface area (Å²) in [5.74, 6) is -1.04. The van der Waals surface area contributed by atoms with Crippen molar-refractivity contribution in [2.45, 2.75) is 19.5 Å². The molecule has 13 heavy (non-hydrogen) atoms. The summed E-state index contributed by atoms with van der Waals surface area (Å²) in [6.07, 6.45) is -2.06. The van der Waals surface area contributed by atoms with Crippen LogP contribution in [0.15, 0.2) is 0 Å². The molecule has 0 radical (unpaired) electrons. The van der Waals surface area contributed by atoms with Gasteiger partial charge in [0.1, 0.15) is 0 Å². The van der Waals surface area contributed by atoms with Crippen LogP contribution in [0, 0.1) is 0 Å². The molecule has 2 saturated heterocycles. The fraction of sp³-hybridized carbons (Fsp3) is 0.600. The molecule has 2 N–H and O–H groups in total. The normalized spacial score (nSPS) is 47.2. The van der Waals surface area contributed by atoms with E-state index in [1.807, 2.05) is 0 Å². The van der Waals surface area contributed by atoms with E-state index in [-0.39, 0.29) is 5.78 Å². The van der Waals surface area contributed by atoms with Crippen molar-refractivity contribution in [3.63, 3.8) is 0 Å². The SMILES string of the molecule is CC(=O)C1OS2(O1)OC(C(N)=O)O2. The van der Waals surface area contributed by atoms with Crippen molar-refractivity contribution in [1.82, 2.24) is 0 Å². The summed E-state index contributed by atoms with van der Waals surface area (Å²) in [5, 5.41) is 0. The molecule has 0 aromatic carbocycles. The van der Waals surface area contributed by atoms with Gasteiger partial charge in [0.05, 0.1) is 0 Å². The number of carbonyl (C=O) groups excluding carboxylic acids is 2.